The van der Waals surface area contributed by atoms with Gasteiger partial charge in [-0.3, -0.25) is 14.9 Å². The molecule has 0 aromatic heterocycles. The van der Waals surface area contributed by atoms with E-state index in [1.807, 2.05) is 12.1 Å². The topological polar surface area (TPSA) is 99.7 Å². The molecule has 4 rings (SSSR count). The maximum absolute atomic E-state index is 13.4. The first kappa shape index (κ1) is 21.1. The van der Waals surface area contributed by atoms with E-state index in [4.69, 9.17) is 16.3 Å². The van der Waals surface area contributed by atoms with Crippen LogP contribution in [0.2, 0.25) is 5.02 Å². The van der Waals surface area contributed by atoms with Gasteiger partial charge in [-0.25, -0.2) is 0 Å². The second-order valence-electron chi connectivity index (χ2n) is 7.57. The molecular formula is C21H21BrClN3O4. The maximum Gasteiger partial charge on any atom is 0.250 e. The van der Waals surface area contributed by atoms with Crippen molar-refractivity contribution >= 4 is 50.7 Å². The van der Waals surface area contributed by atoms with E-state index in [-0.39, 0.29) is 18.2 Å². The molecule has 158 valence electrons. The van der Waals surface area contributed by atoms with Gasteiger partial charge in [0.25, 0.3) is 0 Å². The third-order valence-electron chi connectivity index (χ3n) is 5.76. The highest BCUT2D eigenvalue weighted by Crippen LogP contribution is 2.48. The van der Waals surface area contributed by atoms with Crippen LogP contribution in [0.3, 0.4) is 0 Å². The van der Waals surface area contributed by atoms with Crippen LogP contribution in [-0.4, -0.2) is 36.2 Å². The Kier molecular flexibility index (Phi) is 5.52. The van der Waals surface area contributed by atoms with Gasteiger partial charge < -0.3 is 20.5 Å². The number of anilines is 2. The minimum absolute atomic E-state index is 0.283. The number of carbonyl (C=O) groups excluding carboxylic acids is 2. The van der Waals surface area contributed by atoms with Crippen LogP contribution in [0, 0.1) is 5.92 Å². The van der Waals surface area contributed by atoms with Crippen LogP contribution in [0.5, 0.6) is 5.75 Å². The summed E-state index contributed by atoms with van der Waals surface area (Å²) < 4.78 is 6.11. The number of aliphatic hydroxyl groups is 1. The molecule has 0 saturated carbocycles. The zero-order valence-corrected chi connectivity index (χ0v) is 18.7. The number of hydrogen-bond donors (Lipinski definition) is 4. The second-order valence-corrected chi connectivity index (χ2v) is 8.92. The molecule has 9 heteroatoms. The fourth-order valence-corrected chi connectivity index (χ4v) is 4.82. The average molecular weight is 495 g/mol. The summed E-state index contributed by atoms with van der Waals surface area (Å²) in [6.45, 7) is 1.64. The van der Waals surface area contributed by atoms with Crippen LogP contribution in [0.25, 0.3) is 0 Å². The first-order valence-electron chi connectivity index (χ1n) is 9.48. The summed E-state index contributed by atoms with van der Waals surface area (Å²) in [5.41, 5.74) is 0.429. The van der Waals surface area contributed by atoms with Crippen LogP contribution in [0.1, 0.15) is 18.9 Å². The molecule has 0 radical (unpaired) electrons. The van der Waals surface area contributed by atoms with Crippen LogP contribution in [-0.2, 0) is 15.1 Å². The Morgan fingerprint density at radius 1 is 1.37 bits per heavy atom. The molecule has 2 heterocycles. The highest BCUT2D eigenvalue weighted by atomic mass is 79.9. The summed E-state index contributed by atoms with van der Waals surface area (Å²) in [4.78, 5) is 26.6. The summed E-state index contributed by atoms with van der Waals surface area (Å²) >= 11 is 9.54. The number of carbonyl (C=O) groups is 2. The van der Waals surface area contributed by atoms with Crippen molar-refractivity contribution in [1.29, 1.82) is 0 Å². The lowest BCUT2D eigenvalue weighted by Gasteiger charge is -2.29. The zero-order valence-electron chi connectivity index (χ0n) is 16.3. The molecule has 1 spiro atoms. The van der Waals surface area contributed by atoms with Gasteiger partial charge in [0.05, 0.1) is 24.8 Å². The van der Waals surface area contributed by atoms with Gasteiger partial charge in [-0.05, 0) is 49.7 Å². The number of benzene rings is 2. The summed E-state index contributed by atoms with van der Waals surface area (Å²) in [7, 11) is 1.50. The molecule has 2 aliphatic heterocycles. The Morgan fingerprint density at radius 3 is 2.83 bits per heavy atom. The lowest BCUT2D eigenvalue weighted by molar-refractivity contribution is -0.130. The predicted octanol–water partition coefficient (Wildman–Crippen LogP) is 3.26. The van der Waals surface area contributed by atoms with Gasteiger partial charge in [-0.2, -0.15) is 0 Å². The van der Waals surface area contributed by atoms with Crippen molar-refractivity contribution < 1.29 is 19.4 Å². The number of methoxy groups -OCH3 is 1. The molecule has 2 aliphatic rings. The first-order valence-corrected chi connectivity index (χ1v) is 10.6. The van der Waals surface area contributed by atoms with Gasteiger partial charge in [0.2, 0.25) is 11.8 Å². The number of aliphatic hydroxyl groups excluding tert-OH is 1. The highest BCUT2D eigenvalue weighted by Gasteiger charge is 2.60. The Morgan fingerprint density at radius 2 is 2.13 bits per heavy atom. The van der Waals surface area contributed by atoms with Crippen molar-refractivity contribution in [2.24, 2.45) is 5.92 Å². The molecule has 2 aromatic carbocycles. The standard InChI is InChI=1S/C21H21BrClN3O4/c1-10(27)16-9-14(19(28)24-17-8-12(23)4-6-18(17)30-2)21(26-16)13-7-11(22)3-5-15(13)25-20(21)29/h3-8,10,14,16,26-27H,9H2,1-2H3,(H,24,28)(H,25,29)/t10-,14+,16+,21-/m0/s1. The summed E-state index contributed by atoms with van der Waals surface area (Å²) in [5.74, 6) is -0.999. The van der Waals surface area contributed by atoms with Crippen LogP contribution < -0.4 is 20.7 Å². The average Bonchev–Trinajstić information content (AvgIpc) is 3.23. The SMILES string of the molecule is COc1ccc(Cl)cc1NC(=O)[C@H]1C[C@H]([C@H](C)O)N[C@]12C(=O)Nc1ccc(Br)cc12. The number of fused-ring (bicyclic) bond motifs is 2. The molecule has 4 N–H and O–H groups in total. The highest BCUT2D eigenvalue weighted by molar-refractivity contribution is 9.10. The monoisotopic (exact) mass is 493 g/mol. The van der Waals surface area contributed by atoms with Crippen molar-refractivity contribution in [3.63, 3.8) is 0 Å². The largest absolute Gasteiger partial charge is 0.495 e. The number of ether oxygens (including phenoxy) is 1. The van der Waals surface area contributed by atoms with E-state index in [1.165, 1.54) is 7.11 Å². The molecule has 0 bridgehead atoms. The minimum Gasteiger partial charge on any atom is -0.495 e. The summed E-state index contributed by atoms with van der Waals surface area (Å²) in [5, 5.41) is 19.6. The third kappa shape index (κ3) is 3.37. The fraction of sp³-hybridized carbons (Fsp3) is 0.333. The normalized spacial score (nSPS) is 25.7. The van der Waals surface area contributed by atoms with Gasteiger partial charge in [-0.15, -0.1) is 0 Å². The van der Waals surface area contributed by atoms with Gasteiger partial charge in [0.15, 0.2) is 0 Å². The molecule has 1 saturated heterocycles. The molecule has 1 fully saturated rings. The van der Waals surface area contributed by atoms with Crippen molar-refractivity contribution in [1.82, 2.24) is 5.32 Å². The summed E-state index contributed by atoms with van der Waals surface area (Å²) in [6, 6.07) is 9.93. The lowest BCUT2D eigenvalue weighted by atomic mass is 9.79. The Balaban J connectivity index is 1.76. The van der Waals surface area contributed by atoms with Crippen molar-refractivity contribution in [3.05, 3.63) is 51.5 Å². The first-order chi connectivity index (χ1) is 14.3. The Bertz CT molecular complexity index is 1030. The van der Waals surface area contributed by atoms with Gasteiger partial charge >= 0.3 is 0 Å². The Labute approximate surface area is 187 Å². The lowest BCUT2D eigenvalue weighted by Crippen LogP contribution is -2.53. The Hall–Kier alpha value is -2.13. The quantitative estimate of drug-likeness (QED) is 0.523. The molecule has 30 heavy (non-hydrogen) atoms. The zero-order chi connectivity index (χ0) is 21.6. The second kappa shape index (κ2) is 7.85. The fourth-order valence-electron chi connectivity index (χ4n) is 4.29. The van der Waals surface area contributed by atoms with Gasteiger partial charge in [-0.1, -0.05) is 27.5 Å². The molecule has 0 aliphatic carbocycles. The minimum atomic E-state index is -1.29. The van der Waals surface area contributed by atoms with E-state index in [1.54, 1.807) is 31.2 Å². The predicted molar refractivity (Wildman–Crippen MR) is 118 cm³/mol. The molecule has 0 unspecified atom stereocenters. The number of nitrogens with one attached hydrogen (secondary N) is 3. The maximum atomic E-state index is 13.4. The number of rotatable bonds is 4. The number of halogens is 2. The number of hydrogen-bond acceptors (Lipinski definition) is 5. The van der Waals surface area contributed by atoms with Crippen molar-refractivity contribution in [2.45, 2.75) is 31.0 Å². The third-order valence-corrected chi connectivity index (χ3v) is 6.48. The molecule has 4 atom stereocenters. The van der Waals surface area contributed by atoms with Crippen molar-refractivity contribution in [2.75, 3.05) is 17.7 Å². The van der Waals surface area contributed by atoms with Crippen LogP contribution >= 0.6 is 27.5 Å². The molecule has 7 nitrogen and oxygen atoms in total. The number of amides is 2. The van der Waals surface area contributed by atoms with Crippen LogP contribution in [0.4, 0.5) is 11.4 Å². The van der Waals surface area contributed by atoms with E-state index in [9.17, 15) is 14.7 Å². The van der Waals surface area contributed by atoms with Crippen LogP contribution in [0.15, 0.2) is 40.9 Å². The molecule has 2 amide bonds. The van der Waals surface area contributed by atoms with E-state index >= 15 is 0 Å². The van der Waals surface area contributed by atoms with E-state index in [2.05, 4.69) is 31.9 Å². The molecular weight excluding hydrogens is 474 g/mol. The van der Waals surface area contributed by atoms with Gasteiger partial charge in [0, 0.05) is 26.8 Å². The van der Waals surface area contributed by atoms with E-state index in [0.717, 1.165) is 4.47 Å². The molecule has 2 aromatic rings. The summed E-state index contributed by atoms with van der Waals surface area (Å²) in [6.07, 6.45) is -0.462. The van der Waals surface area contributed by atoms with Gasteiger partial charge in [0.1, 0.15) is 11.3 Å². The van der Waals surface area contributed by atoms with E-state index in [0.29, 0.717) is 27.7 Å². The smallest absolute Gasteiger partial charge is 0.250 e. The van der Waals surface area contributed by atoms with E-state index < -0.39 is 23.6 Å². The van der Waals surface area contributed by atoms with Crippen molar-refractivity contribution in [3.8, 4) is 5.75 Å².